The molecular formula is C16H28N4O2S. The average molecular weight is 340 g/mol. The zero-order valence-electron chi connectivity index (χ0n) is 14.6. The summed E-state index contributed by atoms with van der Waals surface area (Å²) in [5, 5.41) is 0. The van der Waals surface area contributed by atoms with E-state index in [-0.39, 0.29) is 0 Å². The zero-order chi connectivity index (χ0) is 17.0. The van der Waals surface area contributed by atoms with E-state index in [1.54, 1.807) is 18.4 Å². The van der Waals surface area contributed by atoms with Gasteiger partial charge in [0.25, 0.3) is 10.2 Å². The van der Waals surface area contributed by atoms with Crippen LogP contribution in [0.15, 0.2) is 24.3 Å². The molecule has 1 aliphatic heterocycles. The maximum absolute atomic E-state index is 12.1. The third kappa shape index (κ3) is 3.97. The molecule has 0 unspecified atom stereocenters. The Balaban J connectivity index is 2.00. The highest BCUT2D eigenvalue weighted by Crippen LogP contribution is 2.22. The van der Waals surface area contributed by atoms with Gasteiger partial charge in [-0.25, -0.2) is 0 Å². The van der Waals surface area contributed by atoms with Crippen LogP contribution in [-0.4, -0.2) is 70.4 Å². The Kier molecular flexibility index (Phi) is 5.89. The predicted octanol–water partition coefficient (Wildman–Crippen LogP) is 1.46. The topological polar surface area (TPSA) is 47.1 Å². The number of piperazine rings is 1. The minimum absolute atomic E-state index is 0.526. The normalized spacial score (nSPS) is 16.8. The molecule has 1 aliphatic rings. The second-order valence-electron chi connectivity index (χ2n) is 5.86. The molecule has 0 aliphatic carbocycles. The summed E-state index contributed by atoms with van der Waals surface area (Å²) in [6, 6.07) is 8.55. The highest BCUT2D eigenvalue weighted by atomic mass is 32.2. The standard InChI is InChI=1S/C16H28N4O2S/c1-5-18(6-2)15-7-9-16(10-8-15)19-11-13-20(14-12-19)23(21,22)17(3)4/h7-10H,5-6,11-14H2,1-4H3. The number of hydrogen-bond acceptors (Lipinski definition) is 4. The Morgan fingerprint density at radius 2 is 1.48 bits per heavy atom. The van der Waals surface area contributed by atoms with E-state index in [1.165, 1.54) is 9.99 Å². The molecule has 0 saturated carbocycles. The fraction of sp³-hybridized carbons (Fsp3) is 0.625. The van der Waals surface area contributed by atoms with Gasteiger partial charge in [-0.15, -0.1) is 0 Å². The van der Waals surface area contributed by atoms with Gasteiger partial charge in [-0.3, -0.25) is 0 Å². The van der Waals surface area contributed by atoms with Crippen molar-refractivity contribution in [1.29, 1.82) is 0 Å². The van der Waals surface area contributed by atoms with Crippen molar-refractivity contribution in [3.8, 4) is 0 Å². The molecule has 23 heavy (non-hydrogen) atoms. The number of anilines is 2. The Labute approximate surface area is 140 Å². The monoisotopic (exact) mass is 340 g/mol. The van der Waals surface area contributed by atoms with E-state index >= 15 is 0 Å². The molecule has 0 N–H and O–H groups in total. The van der Waals surface area contributed by atoms with Crippen molar-refractivity contribution in [3.63, 3.8) is 0 Å². The van der Waals surface area contributed by atoms with E-state index in [0.29, 0.717) is 13.1 Å². The van der Waals surface area contributed by atoms with Crippen LogP contribution in [0.2, 0.25) is 0 Å². The summed E-state index contributed by atoms with van der Waals surface area (Å²) in [6.07, 6.45) is 0. The van der Waals surface area contributed by atoms with Crippen LogP contribution < -0.4 is 9.80 Å². The van der Waals surface area contributed by atoms with Crippen LogP contribution in [0, 0.1) is 0 Å². The zero-order valence-corrected chi connectivity index (χ0v) is 15.4. The summed E-state index contributed by atoms with van der Waals surface area (Å²) in [5.74, 6) is 0. The summed E-state index contributed by atoms with van der Waals surface area (Å²) < 4.78 is 27.1. The molecule has 6 nitrogen and oxygen atoms in total. The van der Waals surface area contributed by atoms with E-state index < -0.39 is 10.2 Å². The van der Waals surface area contributed by atoms with Gasteiger partial charge in [0.1, 0.15) is 0 Å². The number of nitrogens with zero attached hydrogens (tertiary/aromatic N) is 4. The Hall–Kier alpha value is -1.31. The number of benzene rings is 1. The smallest absolute Gasteiger partial charge is 0.281 e. The molecule has 0 bridgehead atoms. The second-order valence-corrected chi connectivity index (χ2v) is 8.01. The Morgan fingerprint density at radius 3 is 1.91 bits per heavy atom. The molecule has 1 fully saturated rings. The highest BCUT2D eigenvalue weighted by Gasteiger charge is 2.28. The molecule has 130 valence electrons. The van der Waals surface area contributed by atoms with Crippen LogP contribution in [0.5, 0.6) is 0 Å². The van der Waals surface area contributed by atoms with E-state index in [1.807, 2.05) is 0 Å². The Bertz CT molecular complexity index is 589. The van der Waals surface area contributed by atoms with E-state index in [2.05, 4.69) is 47.9 Å². The lowest BCUT2D eigenvalue weighted by Gasteiger charge is -2.36. The predicted molar refractivity (Wildman–Crippen MR) is 96.4 cm³/mol. The third-order valence-corrected chi connectivity index (χ3v) is 6.31. The quantitative estimate of drug-likeness (QED) is 0.787. The first kappa shape index (κ1) is 18.0. The molecule has 0 atom stereocenters. The summed E-state index contributed by atoms with van der Waals surface area (Å²) in [5.41, 5.74) is 2.38. The van der Waals surface area contributed by atoms with Crippen molar-refractivity contribution in [2.45, 2.75) is 13.8 Å². The van der Waals surface area contributed by atoms with Gasteiger partial charge in [0, 0.05) is 64.7 Å². The van der Waals surface area contributed by atoms with Crippen LogP contribution in [-0.2, 0) is 10.2 Å². The van der Waals surface area contributed by atoms with Gasteiger partial charge < -0.3 is 9.80 Å². The summed E-state index contributed by atoms with van der Waals surface area (Å²) in [4.78, 5) is 4.55. The average Bonchev–Trinajstić information content (AvgIpc) is 2.56. The summed E-state index contributed by atoms with van der Waals surface area (Å²) in [6.45, 7) is 8.80. The first-order chi connectivity index (χ1) is 10.9. The minimum atomic E-state index is -3.30. The van der Waals surface area contributed by atoms with Gasteiger partial charge in [0.05, 0.1) is 0 Å². The van der Waals surface area contributed by atoms with Crippen molar-refractivity contribution < 1.29 is 8.42 Å². The van der Waals surface area contributed by atoms with Crippen LogP contribution in [0.1, 0.15) is 13.8 Å². The molecule has 1 heterocycles. The largest absolute Gasteiger partial charge is 0.372 e. The molecular weight excluding hydrogens is 312 g/mol. The van der Waals surface area contributed by atoms with Crippen molar-refractivity contribution in [2.24, 2.45) is 0 Å². The van der Waals surface area contributed by atoms with E-state index in [4.69, 9.17) is 0 Å². The molecule has 0 aromatic heterocycles. The lowest BCUT2D eigenvalue weighted by atomic mass is 10.2. The molecule has 0 amide bonds. The van der Waals surface area contributed by atoms with Gasteiger partial charge in [-0.1, -0.05) is 0 Å². The first-order valence-corrected chi connectivity index (χ1v) is 9.57. The summed E-state index contributed by atoms with van der Waals surface area (Å²) >= 11 is 0. The molecule has 0 radical (unpaired) electrons. The van der Waals surface area contributed by atoms with Crippen LogP contribution in [0.25, 0.3) is 0 Å². The van der Waals surface area contributed by atoms with Crippen molar-refractivity contribution in [3.05, 3.63) is 24.3 Å². The maximum atomic E-state index is 12.1. The van der Waals surface area contributed by atoms with Crippen LogP contribution >= 0.6 is 0 Å². The molecule has 7 heteroatoms. The molecule has 2 rings (SSSR count). The fourth-order valence-corrected chi connectivity index (χ4v) is 3.96. The van der Waals surface area contributed by atoms with Crippen LogP contribution in [0.3, 0.4) is 0 Å². The molecule has 1 aromatic carbocycles. The van der Waals surface area contributed by atoms with Crippen molar-refractivity contribution >= 4 is 21.6 Å². The van der Waals surface area contributed by atoms with Crippen LogP contribution in [0.4, 0.5) is 11.4 Å². The third-order valence-electron chi connectivity index (χ3n) is 4.37. The molecule has 0 spiro atoms. The van der Waals surface area contributed by atoms with E-state index in [9.17, 15) is 8.42 Å². The van der Waals surface area contributed by atoms with Gasteiger partial charge >= 0.3 is 0 Å². The number of hydrogen-bond donors (Lipinski definition) is 0. The first-order valence-electron chi connectivity index (χ1n) is 8.17. The summed E-state index contributed by atoms with van der Waals surface area (Å²) in [7, 11) is -0.143. The van der Waals surface area contributed by atoms with Crippen molar-refractivity contribution in [2.75, 3.05) is 63.2 Å². The lowest BCUT2D eigenvalue weighted by Crippen LogP contribution is -2.51. The number of rotatable bonds is 6. The molecule has 1 saturated heterocycles. The van der Waals surface area contributed by atoms with Gasteiger partial charge in [0.2, 0.25) is 0 Å². The highest BCUT2D eigenvalue weighted by molar-refractivity contribution is 7.86. The fourth-order valence-electron chi connectivity index (χ4n) is 2.87. The lowest BCUT2D eigenvalue weighted by molar-refractivity contribution is 0.355. The minimum Gasteiger partial charge on any atom is -0.372 e. The second kappa shape index (κ2) is 7.51. The molecule has 1 aromatic rings. The van der Waals surface area contributed by atoms with Gasteiger partial charge in [0.15, 0.2) is 0 Å². The maximum Gasteiger partial charge on any atom is 0.281 e. The van der Waals surface area contributed by atoms with Gasteiger partial charge in [-0.05, 0) is 38.1 Å². The Morgan fingerprint density at radius 1 is 0.957 bits per heavy atom. The SMILES string of the molecule is CCN(CC)c1ccc(N2CCN(S(=O)(=O)N(C)C)CC2)cc1. The van der Waals surface area contributed by atoms with Gasteiger partial charge in [-0.2, -0.15) is 17.0 Å². The van der Waals surface area contributed by atoms with E-state index in [0.717, 1.165) is 31.9 Å². The van der Waals surface area contributed by atoms with Crippen molar-refractivity contribution in [1.82, 2.24) is 8.61 Å².